The van der Waals surface area contributed by atoms with E-state index >= 15 is 0 Å². The quantitative estimate of drug-likeness (QED) is 0.828. The van der Waals surface area contributed by atoms with Gasteiger partial charge >= 0.3 is 0 Å². The number of hydrogen-bond donors (Lipinski definition) is 1. The summed E-state index contributed by atoms with van der Waals surface area (Å²) in [6, 6.07) is 10.0. The Kier molecular flexibility index (Phi) is 6.70. The van der Waals surface area contributed by atoms with Crippen LogP contribution in [0.1, 0.15) is 50.5 Å². The van der Waals surface area contributed by atoms with Crippen LogP contribution in [0.5, 0.6) is 0 Å². The minimum Gasteiger partial charge on any atom is -0.353 e. The van der Waals surface area contributed by atoms with Crippen LogP contribution in [0.4, 0.5) is 0 Å². The van der Waals surface area contributed by atoms with Crippen LogP contribution in [0.15, 0.2) is 30.3 Å². The highest BCUT2D eigenvalue weighted by Crippen LogP contribution is 2.23. The Bertz CT molecular complexity index is 676. The van der Waals surface area contributed by atoms with Gasteiger partial charge in [-0.15, -0.1) is 0 Å². The molecule has 3 rings (SSSR count). The lowest BCUT2D eigenvalue weighted by atomic mass is 9.93. The lowest BCUT2D eigenvalue weighted by Gasteiger charge is -2.32. The summed E-state index contributed by atoms with van der Waals surface area (Å²) >= 11 is 0. The molecule has 0 unspecified atom stereocenters. The van der Waals surface area contributed by atoms with Crippen LogP contribution in [0.3, 0.4) is 0 Å². The molecule has 2 aliphatic rings. The predicted molar refractivity (Wildman–Crippen MR) is 103 cm³/mol. The molecule has 1 amide bonds. The number of sulfonamides is 1. The molecule has 1 aromatic carbocycles. The molecule has 1 saturated heterocycles. The van der Waals surface area contributed by atoms with Gasteiger partial charge in [-0.25, -0.2) is 12.7 Å². The maximum Gasteiger partial charge on any atom is 0.223 e. The monoisotopic (exact) mass is 378 g/mol. The zero-order chi connectivity index (χ0) is 18.4. The molecule has 0 radical (unpaired) electrons. The third-order valence-electron chi connectivity index (χ3n) is 5.66. The SMILES string of the molecule is O=C(NC1CCCCC1)C1CCN(S(=O)(=O)CCc2ccccc2)CC1. The molecule has 1 N–H and O–H groups in total. The zero-order valence-electron chi connectivity index (χ0n) is 15.4. The highest BCUT2D eigenvalue weighted by Gasteiger charge is 2.31. The van der Waals surface area contributed by atoms with E-state index in [9.17, 15) is 13.2 Å². The van der Waals surface area contributed by atoms with Crippen LogP contribution in [0.2, 0.25) is 0 Å². The first-order valence-electron chi connectivity index (χ1n) is 9.87. The molecule has 5 nitrogen and oxygen atoms in total. The number of rotatable bonds is 6. The van der Waals surface area contributed by atoms with Crippen molar-refractivity contribution in [2.45, 2.75) is 57.4 Å². The maximum absolute atomic E-state index is 12.6. The van der Waals surface area contributed by atoms with Crippen LogP contribution in [0.25, 0.3) is 0 Å². The predicted octanol–water partition coefficient (Wildman–Crippen LogP) is 2.72. The summed E-state index contributed by atoms with van der Waals surface area (Å²) in [7, 11) is -3.26. The fourth-order valence-electron chi connectivity index (χ4n) is 3.98. The number of carbonyl (C=O) groups is 1. The number of nitrogens with zero attached hydrogens (tertiary/aromatic N) is 1. The zero-order valence-corrected chi connectivity index (χ0v) is 16.2. The van der Waals surface area contributed by atoms with Gasteiger partial charge in [-0.1, -0.05) is 49.6 Å². The average molecular weight is 379 g/mol. The minimum atomic E-state index is -3.26. The number of aryl methyl sites for hydroxylation is 1. The number of benzene rings is 1. The second kappa shape index (κ2) is 9.00. The highest BCUT2D eigenvalue weighted by molar-refractivity contribution is 7.89. The van der Waals surface area contributed by atoms with Crippen molar-refractivity contribution >= 4 is 15.9 Å². The summed E-state index contributed by atoms with van der Waals surface area (Å²) in [4.78, 5) is 12.5. The molecule has 0 bridgehead atoms. The molecule has 26 heavy (non-hydrogen) atoms. The van der Waals surface area contributed by atoms with E-state index in [1.165, 1.54) is 19.3 Å². The molecule has 1 aliphatic heterocycles. The highest BCUT2D eigenvalue weighted by atomic mass is 32.2. The third kappa shape index (κ3) is 5.30. The standard InChI is InChI=1S/C20H30N2O3S/c23-20(21-19-9-5-2-6-10-19)18-11-14-22(15-12-18)26(24,25)16-13-17-7-3-1-4-8-17/h1,3-4,7-8,18-19H,2,5-6,9-16H2,(H,21,23). The molecule has 1 saturated carbocycles. The molecule has 1 aromatic rings. The second-order valence-electron chi connectivity index (χ2n) is 7.57. The van der Waals surface area contributed by atoms with E-state index in [-0.39, 0.29) is 17.6 Å². The van der Waals surface area contributed by atoms with E-state index in [4.69, 9.17) is 0 Å². The van der Waals surface area contributed by atoms with Crippen molar-refractivity contribution in [3.8, 4) is 0 Å². The lowest BCUT2D eigenvalue weighted by Crippen LogP contribution is -2.46. The summed E-state index contributed by atoms with van der Waals surface area (Å²) in [5.74, 6) is 0.214. The van der Waals surface area contributed by atoms with Gasteiger partial charge in [0.05, 0.1) is 5.75 Å². The topological polar surface area (TPSA) is 66.5 Å². The van der Waals surface area contributed by atoms with Gasteiger partial charge in [0, 0.05) is 25.0 Å². The molecule has 144 valence electrons. The summed E-state index contributed by atoms with van der Waals surface area (Å²) < 4.78 is 26.7. The van der Waals surface area contributed by atoms with Gasteiger partial charge in [0.25, 0.3) is 0 Å². The van der Waals surface area contributed by atoms with Gasteiger partial charge in [-0.05, 0) is 37.7 Å². The van der Waals surface area contributed by atoms with Gasteiger partial charge in [-0.3, -0.25) is 4.79 Å². The number of piperidine rings is 1. The Morgan fingerprint density at radius 1 is 1.00 bits per heavy atom. The van der Waals surface area contributed by atoms with Crippen molar-refractivity contribution in [1.29, 1.82) is 0 Å². The average Bonchev–Trinajstić information content (AvgIpc) is 2.68. The van der Waals surface area contributed by atoms with E-state index in [0.717, 1.165) is 18.4 Å². The van der Waals surface area contributed by atoms with Crippen LogP contribution < -0.4 is 5.32 Å². The van der Waals surface area contributed by atoms with Crippen molar-refractivity contribution in [3.63, 3.8) is 0 Å². The van der Waals surface area contributed by atoms with E-state index in [0.29, 0.717) is 38.4 Å². The Balaban J connectivity index is 1.45. The van der Waals surface area contributed by atoms with Crippen molar-refractivity contribution in [2.75, 3.05) is 18.8 Å². The van der Waals surface area contributed by atoms with Gasteiger partial charge in [0.2, 0.25) is 15.9 Å². The first kappa shape index (κ1) is 19.4. The van der Waals surface area contributed by atoms with Gasteiger partial charge in [0.15, 0.2) is 0 Å². The molecule has 0 spiro atoms. The summed E-state index contributed by atoms with van der Waals surface area (Å²) in [5, 5.41) is 3.18. The Morgan fingerprint density at radius 3 is 2.31 bits per heavy atom. The molecule has 2 fully saturated rings. The summed E-state index contributed by atoms with van der Waals surface area (Å²) in [6.07, 6.45) is 7.62. The molecule has 1 aliphatic carbocycles. The van der Waals surface area contributed by atoms with Gasteiger partial charge in [-0.2, -0.15) is 0 Å². The van der Waals surface area contributed by atoms with Crippen LogP contribution in [0, 0.1) is 5.92 Å². The molecule has 1 heterocycles. The fourth-order valence-corrected chi connectivity index (χ4v) is 5.50. The third-order valence-corrected chi connectivity index (χ3v) is 7.53. The Labute approximate surface area is 157 Å². The van der Waals surface area contributed by atoms with E-state index in [1.54, 1.807) is 4.31 Å². The number of carbonyl (C=O) groups excluding carboxylic acids is 1. The maximum atomic E-state index is 12.6. The first-order valence-corrected chi connectivity index (χ1v) is 11.5. The van der Waals surface area contributed by atoms with Crippen molar-refractivity contribution in [1.82, 2.24) is 9.62 Å². The number of hydrogen-bond acceptors (Lipinski definition) is 3. The van der Waals surface area contributed by atoms with Crippen molar-refractivity contribution < 1.29 is 13.2 Å². The van der Waals surface area contributed by atoms with Crippen molar-refractivity contribution in [2.24, 2.45) is 5.92 Å². The lowest BCUT2D eigenvalue weighted by molar-refractivity contribution is -0.127. The fraction of sp³-hybridized carbons (Fsp3) is 0.650. The smallest absolute Gasteiger partial charge is 0.223 e. The number of amides is 1. The minimum absolute atomic E-state index is 0.0440. The molecular weight excluding hydrogens is 348 g/mol. The first-order chi connectivity index (χ1) is 12.5. The largest absolute Gasteiger partial charge is 0.353 e. The van der Waals surface area contributed by atoms with Crippen LogP contribution in [-0.4, -0.2) is 43.5 Å². The molecular formula is C20H30N2O3S. The Hall–Kier alpha value is -1.40. The van der Waals surface area contributed by atoms with E-state index < -0.39 is 10.0 Å². The molecule has 0 aromatic heterocycles. The number of nitrogens with one attached hydrogen (secondary N) is 1. The van der Waals surface area contributed by atoms with Gasteiger partial charge in [0.1, 0.15) is 0 Å². The van der Waals surface area contributed by atoms with Crippen LogP contribution in [-0.2, 0) is 21.2 Å². The molecule has 6 heteroatoms. The Morgan fingerprint density at radius 2 is 1.65 bits per heavy atom. The van der Waals surface area contributed by atoms with Crippen LogP contribution >= 0.6 is 0 Å². The van der Waals surface area contributed by atoms with E-state index in [2.05, 4.69) is 5.32 Å². The van der Waals surface area contributed by atoms with Gasteiger partial charge < -0.3 is 5.32 Å². The van der Waals surface area contributed by atoms with E-state index in [1.807, 2.05) is 30.3 Å². The van der Waals surface area contributed by atoms with Crippen molar-refractivity contribution in [3.05, 3.63) is 35.9 Å². The summed E-state index contributed by atoms with van der Waals surface area (Å²) in [5.41, 5.74) is 1.04. The molecule has 0 atom stereocenters. The summed E-state index contributed by atoms with van der Waals surface area (Å²) in [6.45, 7) is 0.916. The normalized spacial score (nSPS) is 20.8. The second-order valence-corrected chi connectivity index (χ2v) is 9.66.